The molecule has 358 valence electrons. The Labute approximate surface area is 403 Å². The molecule has 0 saturated carbocycles. The number of halogens is 2. The molecular weight excluding hydrogens is 960 g/mol. The molecule has 68 heavy (non-hydrogen) atoms. The van der Waals surface area contributed by atoms with Crippen molar-refractivity contribution in [2.75, 3.05) is 75.9 Å². The number of carbonyl (C=O) groups excluding carboxylic acids is 2. The molecule has 22 heteroatoms. The van der Waals surface area contributed by atoms with Gasteiger partial charge in [-0.3, -0.25) is 29.8 Å². The van der Waals surface area contributed by atoms with Crippen molar-refractivity contribution in [3.63, 3.8) is 0 Å². The number of amides is 2. The quantitative estimate of drug-likeness (QED) is 0.0406. The lowest BCUT2D eigenvalue weighted by Crippen LogP contribution is -2.41. The van der Waals surface area contributed by atoms with Gasteiger partial charge in [-0.1, -0.05) is 30.3 Å². The monoisotopic (exact) mass is 1010 g/mol. The molecule has 0 saturated heterocycles. The van der Waals surface area contributed by atoms with Crippen LogP contribution in [0.3, 0.4) is 0 Å². The summed E-state index contributed by atoms with van der Waals surface area (Å²) >= 11 is 12.9. The van der Waals surface area contributed by atoms with Gasteiger partial charge >= 0.3 is 0 Å². The first-order chi connectivity index (χ1) is 32.2. The number of non-ortho nitro benzene ring substituents is 2. The predicted molar refractivity (Wildman–Crippen MR) is 264 cm³/mol. The van der Waals surface area contributed by atoms with Gasteiger partial charge in [0.05, 0.1) is 41.8 Å². The van der Waals surface area contributed by atoms with E-state index in [0.29, 0.717) is 33.0 Å². The van der Waals surface area contributed by atoms with E-state index in [4.69, 9.17) is 23.2 Å². The summed E-state index contributed by atoms with van der Waals surface area (Å²) in [5, 5.41) is 28.8. The van der Waals surface area contributed by atoms with Crippen LogP contribution in [0.15, 0.2) is 94.7 Å². The molecule has 0 spiro atoms. The zero-order chi connectivity index (χ0) is 49.6. The number of anilines is 2. The van der Waals surface area contributed by atoms with Crippen molar-refractivity contribution in [3.05, 3.63) is 127 Å². The molecule has 0 bridgehead atoms. The third-order valence-corrected chi connectivity index (χ3v) is 16.8. The van der Waals surface area contributed by atoms with E-state index >= 15 is 0 Å². The third-order valence-electron chi connectivity index (χ3n) is 12.0. The summed E-state index contributed by atoms with van der Waals surface area (Å²) in [6, 6.07) is 17.9. The molecule has 7 rings (SSSR count). The van der Waals surface area contributed by atoms with Crippen molar-refractivity contribution >= 4 is 112 Å². The zero-order valence-corrected chi connectivity index (χ0v) is 41.0. The maximum absolute atomic E-state index is 13.9. The lowest BCUT2D eigenvalue weighted by Gasteiger charge is -2.26. The van der Waals surface area contributed by atoms with Crippen LogP contribution in [0.1, 0.15) is 47.9 Å². The maximum Gasteiger partial charge on any atom is 0.279 e. The molecule has 2 heterocycles. The highest BCUT2D eigenvalue weighted by molar-refractivity contribution is 7.89. The van der Waals surface area contributed by atoms with Gasteiger partial charge in [-0.25, -0.2) is 26.9 Å². The highest BCUT2D eigenvalue weighted by Crippen LogP contribution is 2.48. The predicted octanol–water partition coefficient (Wildman–Crippen LogP) is 7.55. The van der Waals surface area contributed by atoms with E-state index in [0.717, 1.165) is 8.83 Å². The Kier molecular flexibility index (Phi) is 14.5. The minimum atomic E-state index is -4.05. The number of rotatable bonds is 16. The number of alkyl halides is 2. The van der Waals surface area contributed by atoms with Gasteiger partial charge in [0.25, 0.3) is 43.2 Å². The van der Waals surface area contributed by atoms with E-state index in [1.165, 1.54) is 80.5 Å². The van der Waals surface area contributed by atoms with Crippen LogP contribution in [0.5, 0.6) is 0 Å². The van der Waals surface area contributed by atoms with Crippen LogP contribution >= 0.6 is 23.2 Å². The second-order valence-corrected chi connectivity index (χ2v) is 20.8. The molecule has 2 unspecified atom stereocenters. The lowest BCUT2D eigenvalue weighted by atomic mass is 9.95. The number of hydrazine groups is 2. The zero-order valence-electron chi connectivity index (χ0n) is 37.9. The van der Waals surface area contributed by atoms with Crippen LogP contribution in [-0.4, -0.2) is 123 Å². The van der Waals surface area contributed by atoms with Gasteiger partial charge in [0.2, 0.25) is 0 Å². The number of hydrogen-bond donors (Lipinski definition) is 0. The summed E-state index contributed by atoms with van der Waals surface area (Å²) in [6.45, 7) is 3.86. The van der Waals surface area contributed by atoms with Crippen molar-refractivity contribution in [1.29, 1.82) is 0 Å². The first-order valence-corrected chi connectivity index (χ1v) is 25.3. The number of fused-ring (bicyclic) bond motifs is 6. The highest BCUT2D eigenvalue weighted by atomic mass is 35.5. The van der Waals surface area contributed by atoms with Crippen LogP contribution in [0.2, 0.25) is 0 Å². The topological polar surface area (TPSA) is 208 Å². The maximum atomic E-state index is 13.9. The van der Waals surface area contributed by atoms with Crippen LogP contribution in [0, 0.1) is 20.2 Å². The summed E-state index contributed by atoms with van der Waals surface area (Å²) in [5.74, 6) is -1.64. The molecule has 2 atom stereocenters. The van der Waals surface area contributed by atoms with Gasteiger partial charge in [0.1, 0.15) is 0 Å². The second kappa shape index (κ2) is 19.6. The Morgan fingerprint density at radius 2 is 1.01 bits per heavy atom. The Balaban J connectivity index is 1.15. The summed E-state index contributed by atoms with van der Waals surface area (Å²) in [4.78, 5) is 54.1. The average molecular weight is 1010 g/mol. The molecule has 2 aliphatic heterocycles. The first kappa shape index (κ1) is 50.0. The fraction of sp³-hybridized carbons (Fsp3) is 0.304. The summed E-state index contributed by atoms with van der Waals surface area (Å²) in [7, 11) is -1.78. The van der Waals surface area contributed by atoms with E-state index in [-0.39, 0.29) is 81.3 Å². The largest absolute Gasteiger partial charge is 0.308 e. The normalized spacial score (nSPS) is 16.4. The van der Waals surface area contributed by atoms with Crippen LogP contribution < -0.4 is 9.80 Å². The number of nitrogens with zero attached hydrogens (tertiary/aromatic N) is 8. The molecule has 0 aliphatic carbocycles. The van der Waals surface area contributed by atoms with Crippen molar-refractivity contribution in [2.45, 2.75) is 35.5 Å². The SMILES string of the molecule is CCN(N(C)C)S(=O)(=O)c1ccc2c3c(cc([N+](=O)[O-])c2c1)N(C(=O)C=Cc1cccc(C=CC(=O)N2CC(CCl)c4c2cc([N+](=O)[O-])c2cc(S(=O)(=O)N(CC)N(C)C)ccc42)c1)CC3CCl. The highest BCUT2D eigenvalue weighted by Gasteiger charge is 2.38. The summed E-state index contributed by atoms with van der Waals surface area (Å²) in [6.07, 6.45) is 5.78. The van der Waals surface area contributed by atoms with E-state index in [1.807, 2.05) is 0 Å². The van der Waals surface area contributed by atoms with E-state index < -0.39 is 53.5 Å². The number of nitro benzene ring substituents is 2. The Morgan fingerprint density at radius 1 is 0.632 bits per heavy atom. The van der Waals surface area contributed by atoms with Crippen LogP contribution in [-0.2, 0) is 29.6 Å². The van der Waals surface area contributed by atoms with Crippen LogP contribution in [0.4, 0.5) is 22.7 Å². The third kappa shape index (κ3) is 9.09. The standard InChI is InChI=1S/C46H48Cl2N8O10S2/c1-7-53(49(3)4)67(63,64)33-14-16-35-37(21-33)39(55(59)60)23-41-45(35)31(25-47)27-51(41)43(57)18-12-29-10-9-11-30(20-29)13-19-44(58)52-28-32(26-48)46-36-17-15-34(68(65,66)54(8-2)50(5)6)22-38(36)40(56(61)62)24-42(46)52/h9-24,31-32H,7-8,25-28H2,1-6H3. The Hall–Kier alpha value is -5.84. The van der Waals surface area contributed by atoms with Gasteiger partial charge in [0.15, 0.2) is 0 Å². The second-order valence-electron chi connectivity index (χ2n) is 16.5. The minimum absolute atomic E-state index is 0.0798. The fourth-order valence-corrected chi connectivity index (χ4v) is 12.6. The average Bonchev–Trinajstić information content (AvgIpc) is 3.88. The Morgan fingerprint density at radius 3 is 1.34 bits per heavy atom. The lowest BCUT2D eigenvalue weighted by molar-refractivity contribution is -0.383. The van der Waals surface area contributed by atoms with Gasteiger partial charge in [-0.2, -0.15) is 0 Å². The van der Waals surface area contributed by atoms with Crippen molar-refractivity contribution in [1.82, 2.24) is 18.8 Å². The number of carbonyl (C=O) groups is 2. The summed E-state index contributed by atoms with van der Waals surface area (Å²) in [5.41, 5.74) is 2.19. The van der Waals surface area contributed by atoms with E-state index in [2.05, 4.69) is 0 Å². The molecular formula is C46H48Cl2N8O10S2. The fourth-order valence-electron chi connectivity index (χ4n) is 9.06. The van der Waals surface area contributed by atoms with Crippen molar-refractivity contribution < 1.29 is 36.3 Å². The molecule has 2 amide bonds. The molecule has 0 fully saturated rings. The van der Waals surface area contributed by atoms with Gasteiger partial charge in [0, 0.05) is 102 Å². The molecule has 0 radical (unpaired) electrons. The molecule has 0 aromatic heterocycles. The summed E-state index contributed by atoms with van der Waals surface area (Å²) < 4.78 is 56.4. The van der Waals surface area contributed by atoms with Crippen molar-refractivity contribution in [3.8, 4) is 0 Å². The first-order valence-electron chi connectivity index (χ1n) is 21.3. The van der Waals surface area contributed by atoms with E-state index in [1.54, 1.807) is 78.5 Å². The molecule has 2 aliphatic rings. The van der Waals surface area contributed by atoms with Crippen molar-refractivity contribution in [2.24, 2.45) is 0 Å². The van der Waals surface area contributed by atoms with Crippen LogP contribution in [0.25, 0.3) is 33.7 Å². The molecule has 18 nitrogen and oxygen atoms in total. The number of hydrogen-bond acceptors (Lipinski definition) is 12. The van der Waals surface area contributed by atoms with E-state index in [9.17, 15) is 46.7 Å². The number of benzene rings is 5. The molecule has 0 N–H and O–H groups in total. The van der Waals surface area contributed by atoms with Gasteiger partial charge < -0.3 is 9.80 Å². The van der Waals surface area contributed by atoms with Gasteiger partial charge in [-0.05, 0) is 89.4 Å². The smallest absolute Gasteiger partial charge is 0.279 e. The Bertz CT molecular complexity index is 2980. The molecule has 5 aromatic carbocycles. The number of sulfonamides is 2. The number of nitro groups is 2. The molecule has 5 aromatic rings. The van der Waals surface area contributed by atoms with Gasteiger partial charge in [-0.15, -0.1) is 32.0 Å². The minimum Gasteiger partial charge on any atom is -0.308 e.